The Morgan fingerprint density at radius 1 is 0.482 bits per heavy atom. The average Bonchev–Trinajstić information content (AvgIpc) is 3.16. The predicted octanol–water partition coefficient (Wildman–Crippen LogP) is 13.9. The third kappa shape index (κ3) is 13.5. The van der Waals surface area contributed by atoms with Crippen molar-refractivity contribution < 1.29 is 68.4 Å². The first kappa shape index (κ1) is 58.8. The number of carbonyl (C=O) groups excluding carboxylic acids is 2. The maximum Gasteiger partial charge on any atom is 0.346 e. The number of hydrogen-bond acceptors (Lipinski definition) is 11. The highest BCUT2D eigenvalue weighted by atomic mass is 19.3. The lowest BCUT2D eigenvalue weighted by Gasteiger charge is -2.12. The Morgan fingerprint density at radius 2 is 0.882 bits per heavy atom. The minimum absolute atomic E-state index is 0.0142. The van der Waals surface area contributed by atoms with Gasteiger partial charge in [0.2, 0.25) is 11.8 Å². The van der Waals surface area contributed by atoms with Crippen molar-refractivity contribution in [1.82, 2.24) is 29.1 Å². The highest BCUT2D eigenvalue weighted by molar-refractivity contribution is 6.05. The molecule has 0 atom stereocenters. The van der Waals surface area contributed by atoms with Crippen LogP contribution in [-0.2, 0) is 65.2 Å². The van der Waals surface area contributed by atoms with Gasteiger partial charge in [-0.1, -0.05) is 60.7 Å². The number of alkyl halides is 4. The number of methoxy groups -OCH3 is 2. The van der Waals surface area contributed by atoms with Crippen LogP contribution in [0.5, 0.6) is 11.8 Å². The summed E-state index contributed by atoms with van der Waals surface area (Å²) in [5.74, 6) is -10.3. The lowest BCUT2D eigenvalue weighted by atomic mass is 10.0. The first-order valence-corrected chi connectivity index (χ1v) is 26.6. The van der Waals surface area contributed by atoms with Crippen LogP contribution in [0.1, 0.15) is 79.6 Å². The Balaban J connectivity index is 0.825. The van der Waals surface area contributed by atoms with E-state index in [4.69, 9.17) is 23.7 Å². The molecule has 0 radical (unpaired) electrons. The Kier molecular flexibility index (Phi) is 17.2. The van der Waals surface area contributed by atoms with Crippen molar-refractivity contribution in [2.24, 2.45) is 0 Å². The molecule has 0 aliphatic carbocycles. The maximum absolute atomic E-state index is 16.0. The Morgan fingerprint density at radius 3 is 1.26 bits per heavy atom. The molecule has 0 aliphatic heterocycles. The summed E-state index contributed by atoms with van der Waals surface area (Å²) in [5, 5.41) is 0. The second kappa shape index (κ2) is 24.9. The van der Waals surface area contributed by atoms with E-state index in [1.807, 2.05) is 0 Å². The van der Waals surface area contributed by atoms with E-state index in [1.54, 1.807) is 21.3 Å². The minimum atomic E-state index is -3.00. The number of pyridine rings is 2. The molecule has 0 bridgehead atoms. The largest absolute Gasteiger partial charge is 0.473 e. The SMILES string of the molecule is COCCn1c(Cc2cc(F)c(-c3cccc(OCc4ccc(C(C)(F)F)cc4)n3)cc2F)nc2ccc(C(=O)OC(=O)c3ccc4nc(Cc5cc(F)c(-c6cccc(OCc7ccc(C(C)(F)F)cc7)n6)cc5F)n(CCOC)c4c3)cc21. The quantitative estimate of drug-likeness (QED) is 0.0364. The van der Waals surface area contributed by atoms with Gasteiger partial charge in [0.15, 0.2) is 0 Å². The first-order valence-electron chi connectivity index (χ1n) is 26.6. The number of rotatable bonds is 22. The summed E-state index contributed by atoms with van der Waals surface area (Å²) in [7, 11) is 2.97. The molecule has 0 aliphatic rings. The molecule has 21 heteroatoms. The van der Waals surface area contributed by atoms with Crippen LogP contribution in [0.4, 0.5) is 35.1 Å². The molecule has 0 N–H and O–H groups in total. The van der Waals surface area contributed by atoms with Gasteiger partial charge in [-0.05, 0) is 95.1 Å². The van der Waals surface area contributed by atoms with Gasteiger partial charge in [0, 0.05) is 88.4 Å². The van der Waals surface area contributed by atoms with Crippen LogP contribution in [0.3, 0.4) is 0 Å². The van der Waals surface area contributed by atoms with E-state index in [9.17, 15) is 27.2 Å². The number of aromatic nitrogens is 6. The van der Waals surface area contributed by atoms with Crippen LogP contribution in [0.25, 0.3) is 44.6 Å². The molecule has 6 aromatic carbocycles. The number of hydrogen-bond donors (Lipinski definition) is 0. The number of nitrogens with zero attached hydrogens (tertiary/aromatic N) is 6. The molecule has 0 unspecified atom stereocenters. The zero-order chi connectivity index (χ0) is 60.2. The fourth-order valence-electron chi connectivity index (χ4n) is 9.51. The van der Waals surface area contributed by atoms with Crippen molar-refractivity contribution in [3.63, 3.8) is 0 Å². The number of benzene rings is 6. The Labute approximate surface area is 481 Å². The number of ether oxygens (including phenoxy) is 5. The van der Waals surface area contributed by atoms with Gasteiger partial charge in [-0.3, -0.25) is 0 Å². The molecular weight excluding hydrogens is 1120 g/mol. The van der Waals surface area contributed by atoms with Crippen molar-refractivity contribution in [3.8, 4) is 34.3 Å². The average molecular weight is 1170 g/mol. The van der Waals surface area contributed by atoms with Crippen LogP contribution in [0.15, 0.2) is 146 Å². The first-order chi connectivity index (χ1) is 40.7. The van der Waals surface area contributed by atoms with Gasteiger partial charge in [-0.2, -0.15) is 0 Å². The smallest absolute Gasteiger partial charge is 0.346 e. The summed E-state index contributed by atoms with van der Waals surface area (Å²) >= 11 is 0. The molecule has 0 amide bonds. The molecular formula is C64H52F8N6O7. The highest BCUT2D eigenvalue weighted by Crippen LogP contribution is 2.33. The predicted molar refractivity (Wildman–Crippen MR) is 298 cm³/mol. The van der Waals surface area contributed by atoms with E-state index >= 15 is 17.6 Å². The third-order valence-electron chi connectivity index (χ3n) is 14.0. The topological polar surface area (TPSA) is 142 Å². The van der Waals surface area contributed by atoms with Crippen LogP contribution >= 0.6 is 0 Å². The molecule has 436 valence electrons. The molecule has 4 heterocycles. The van der Waals surface area contributed by atoms with Crippen LogP contribution in [0.2, 0.25) is 0 Å². The lowest BCUT2D eigenvalue weighted by Crippen LogP contribution is -2.14. The number of carbonyl (C=O) groups is 2. The van der Waals surface area contributed by atoms with E-state index in [2.05, 4.69) is 19.9 Å². The second-order valence-corrected chi connectivity index (χ2v) is 20.1. The summed E-state index contributed by atoms with van der Waals surface area (Å²) in [5.41, 5.74) is 2.30. The fraction of sp³-hybridized carbons (Fsp3) is 0.219. The third-order valence-corrected chi connectivity index (χ3v) is 14.0. The summed E-state index contributed by atoms with van der Waals surface area (Å²) < 4.78 is 150. The molecule has 10 aromatic rings. The minimum Gasteiger partial charge on any atom is -0.473 e. The van der Waals surface area contributed by atoms with Gasteiger partial charge >= 0.3 is 11.9 Å². The maximum atomic E-state index is 16.0. The van der Waals surface area contributed by atoms with Gasteiger partial charge in [-0.25, -0.2) is 64.6 Å². The molecule has 0 saturated carbocycles. The van der Waals surface area contributed by atoms with Crippen LogP contribution < -0.4 is 9.47 Å². The van der Waals surface area contributed by atoms with E-state index in [1.165, 1.54) is 123 Å². The molecule has 0 spiro atoms. The van der Waals surface area contributed by atoms with E-state index in [-0.39, 0.29) is 120 Å². The summed E-state index contributed by atoms with van der Waals surface area (Å²) in [4.78, 5) is 45.5. The van der Waals surface area contributed by atoms with Crippen molar-refractivity contribution in [2.45, 2.75) is 64.8 Å². The van der Waals surface area contributed by atoms with Crippen molar-refractivity contribution in [3.05, 3.63) is 225 Å². The standard InChI is InChI=1S/C64H52F8N6O7/c1-63(69,70)43-17-11-37(12-18-43)35-83-59-9-5-7-51(75-59)45-33-47(65)41(27-49(45)67)31-57-73-53-21-15-39(29-55(53)77(57)23-25-81-3)61(79)85-62(80)40-16-22-54-56(30-40)78(24-26-82-4)58(74-54)32-42-28-50(68)46(34-48(42)66)52-8-6-10-60(76-52)84-36-38-13-19-44(20-14-38)64(2,71)72/h5-22,27-30,33-34H,23-26,31-32,35-36H2,1-4H3. The van der Waals surface area contributed by atoms with Crippen LogP contribution in [-0.4, -0.2) is 68.4 Å². The second-order valence-electron chi connectivity index (χ2n) is 20.1. The van der Waals surface area contributed by atoms with Crippen molar-refractivity contribution in [1.29, 1.82) is 0 Å². The van der Waals surface area contributed by atoms with Gasteiger partial charge in [0.1, 0.15) is 48.1 Å². The number of imidazole rings is 2. The van der Waals surface area contributed by atoms with Gasteiger partial charge < -0.3 is 32.8 Å². The number of fused-ring (bicyclic) bond motifs is 2. The van der Waals surface area contributed by atoms with Gasteiger partial charge in [-0.15, -0.1) is 0 Å². The summed E-state index contributed by atoms with van der Waals surface area (Å²) in [6.07, 6.45) is -0.359. The van der Waals surface area contributed by atoms with E-state index in [0.29, 0.717) is 44.8 Å². The molecule has 85 heavy (non-hydrogen) atoms. The zero-order valence-electron chi connectivity index (χ0n) is 46.1. The molecule has 4 aromatic heterocycles. The monoisotopic (exact) mass is 1170 g/mol. The summed E-state index contributed by atoms with van der Waals surface area (Å²) in [6.45, 7) is 2.30. The van der Waals surface area contributed by atoms with Gasteiger partial charge in [0.05, 0.1) is 57.8 Å². The Bertz CT molecular complexity index is 3840. The van der Waals surface area contributed by atoms with Gasteiger partial charge in [0.25, 0.3) is 11.8 Å². The highest BCUT2D eigenvalue weighted by Gasteiger charge is 2.26. The van der Waals surface area contributed by atoms with Crippen molar-refractivity contribution in [2.75, 3.05) is 27.4 Å². The lowest BCUT2D eigenvalue weighted by molar-refractivity contribution is 0.0167. The number of halogens is 8. The summed E-state index contributed by atoms with van der Waals surface area (Å²) in [6, 6.07) is 33.4. The van der Waals surface area contributed by atoms with E-state index in [0.717, 1.165) is 38.1 Å². The molecule has 0 saturated heterocycles. The zero-order valence-corrected chi connectivity index (χ0v) is 46.1. The van der Waals surface area contributed by atoms with E-state index < -0.39 is 47.1 Å². The molecule has 10 rings (SSSR count). The van der Waals surface area contributed by atoms with Crippen molar-refractivity contribution >= 4 is 34.0 Å². The Hall–Kier alpha value is -9.34. The number of esters is 2. The fourth-order valence-corrected chi connectivity index (χ4v) is 9.51. The normalized spacial score (nSPS) is 11.9. The molecule has 0 fully saturated rings. The van der Waals surface area contributed by atoms with Crippen LogP contribution in [0, 0.1) is 23.3 Å². The molecule has 13 nitrogen and oxygen atoms in total.